The Morgan fingerprint density at radius 2 is 2.35 bits per heavy atom. The van der Waals surface area contributed by atoms with Crippen LogP contribution in [-0.4, -0.2) is 49.7 Å². The molecule has 1 unspecified atom stereocenters. The van der Waals surface area contributed by atoms with Crippen LogP contribution in [0.5, 0.6) is 0 Å². The highest BCUT2D eigenvalue weighted by Crippen LogP contribution is 2.22. The Morgan fingerprint density at radius 1 is 1.55 bits per heavy atom. The summed E-state index contributed by atoms with van der Waals surface area (Å²) in [4.78, 5) is 17.3. The lowest BCUT2D eigenvalue weighted by Gasteiger charge is -2.31. The van der Waals surface area contributed by atoms with Crippen LogP contribution in [0.25, 0.3) is 0 Å². The van der Waals surface area contributed by atoms with Gasteiger partial charge in [0.25, 0.3) is 0 Å². The molecule has 8 nitrogen and oxygen atoms in total. The van der Waals surface area contributed by atoms with Gasteiger partial charge in [-0.3, -0.25) is 0 Å². The summed E-state index contributed by atoms with van der Waals surface area (Å²) in [5.41, 5.74) is -0.201. The fourth-order valence-corrected chi connectivity index (χ4v) is 3.42. The van der Waals surface area contributed by atoms with Crippen molar-refractivity contribution in [1.82, 2.24) is 9.29 Å². The Hall–Kier alpha value is -2.11. The molecule has 0 aliphatic carbocycles. The minimum Gasteiger partial charge on any atom is -0.376 e. The van der Waals surface area contributed by atoms with Gasteiger partial charge in [-0.1, -0.05) is 0 Å². The van der Waals surface area contributed by atoms with E-state index in [0.717, 1.165) is 4.31 Å². The lowest BCUT2D eigenvalue weighted by Crippen LogP contribution is -2.47. The van der Waals surface area contributed by atoms with E-state index in [0.29, 0.717) is 0 Å². The van der Waals surface area contributed by atoms with Crippen LogP contribution in [0.3, 0.4) is 0 Å². The van der Waals surface area contributed by atoms with Gasteiger partial charge in [0.2, 0.25) is 16.1 Å². The largest absolute Gasteiger partial charge is 0.376 e. The van der Waals surface area contributed by atoms with Crippen molar-refractivity contribution in [2.75, 3.05) is 19.8 Å². The van der Waals surface area contributed by atoms with E-state index in [9.17, 15) is 13.2 Å². The van der Waals surface area contributed by atoms with Crippen molar-refractivity contribution in [3.05, 3.63) is 24.0 Å². The molecule has 9 heteroatoms. The standard InChI is InChI=1S/C11H10N4O4S/c12-6-9-10(2-1-3-13-9)20(17,18)15-4-5-19-7-11(15)14-8-16/h1-3,11H,4-5,7H2. The second-order valence-electron chi connectivity index (χ2n) is 3.85. The van der Waals surface area contributed by atoms with Crippen molar-refractivity contribution in [2.45, 2.75) is 11.1 Å². The summed E-state index contributed by atoms with van der Waals surface area (Å²) in [7, 11) is -3.98. The van der Waals surface area contributed by atoms with Crippen molar-refractivity contribution < 1.29 is 17.9 Å². The fourth-order valence-electron chi connectivity index (χ4n) is 1.83. The van der Waals surface area contributed by atoms with Crippen LogP contribution in [0.2, 0.25) is 0 Å². The highest BCUT2D eigenvalue weighted by molar-refractivity contribution is 7.89. The number of pyridine rings is 1. The molecule has 0 aromatic carbocycles. The number of aliphatic imine (C=N–C) groups is 1. The fraction of sp³-hybridized carbons (Fsp3) is 0.364. The molecule has 0 N–H and O–H groups in total. The van der Waals surface area contributed by atoms with Crippen molar-refractivity contribution in [3.63, 3.8) is 0 Å². The smallest absolute Gasteiger partial charge is 0.247 e. The number of aromatic nitrogens is 1. The predicted molar refractivity (Wildman–Crippen MR) is 65.6 cm³/mol. The molecule has 2 rings (SSSR count). The van der Waals surface area contributed by atoms with Crippen molar-refractivity contribution >= 4 is 16.1 Å². The number of isocyanates is 1. The van der Waals surface area contributed by atoms with Gasteiger partial charge in [0, 0.05) is 12.7 Å². The molecule has 0 spiro atoms. The predicted octanol–water partition coefficient (Wildman–Crippen LogP) is -0.364. The van der Waals surface area contributed by atoms with Gasteiger partial charge in [-0.15, -0.1) is 0 Å². The molecule has 1 aromatic heterocycles. The highest BCUT2D eigenvalue weighted by atomic mass is 32.2. The Labute approximate surface area is 115 Å². The van der Waals surface area contributed by atoms with Crippen LogP contribution in [0, 0.1) is 11.3 Å². The topological polar surface area (TPSA) is 113 Å². The van der Waals surface area contributed by atoms with E-state index in [2.05, 4.69) is 9.98 Å². The molecule has 104 valence electrons. The van der Waals surface area contributed by atoms with Gasteiger partial charge in [0.15, 0.2) is 11.9 Å². The lowest BCUT2D eigenvalue weighted by molar-refractivity contribution is 0.0359. The quantitative estimate of drug-likeness (QED) is 0.555. The summed E-state index contributed by atoms with van der Waals surface area (Å²) in [5.74, 6) is 0. The van der Waals surface area contributed by atoms with Crippen molar-refractivity contribution in [3.8, 4) is 6.07 Å². The molecule has 1 saturated heterocycles. The molecule has 1 aliphatic rings. The molecule has 0 radical (unpaired) electrons. The van der Waals surface area contributed by atoms with Gasteiger partial charge in [-0.05, 0) is 12.1 Å². The van der Waals surface area contributed by atoms with Crippen LogP contribution in [0.4, 0.5) is 0 Å². The zero-order valence-corrected chi connectivity index (χ0v) is 11.1. The van der Waals surface area contributed by atoms with Crippen molar-refractivity contribution in [1.29, 1.82) is 5.26 Å². The second-order valence-corrected chi connectivity index (χ2v) is 5.71. The summed E-state index contributed by atoms with van der Waals surface area (Å²) in [6, 6.07) is 4.44. The van der Waals surface area contributed by atoms with Gasteiger partial charge in [0.05, 0.1) is 13.2 Å². The van der Waals surface area contributed by atoms with Crippen LogP contribution in [-0.2, 0) is 19.6 Å². The van der Waals surface area contributed by atoms with Crippen LogP contribution in [0.15, 0.2) is 28.2 Å². The molecule has 0 amide bonds. The first-order valence-corrected chi connectivity index (χ1v) is 7.07. The Balaban J connectivity index is 2.48. The maximum Gasteiger partial charge on any atom is 0.247 e. The molecule has 1 atom stereocenters. The first kappa shape index (κ1) is 14.3. The molecule has 0 bridgehead atoms. The summed E-state index contributed by atoms with van der Waals surface area (Å²) >= 11 is 0. The van der Waals surface area contributed by atoms with E-state index in [1.165, 1.54) is 24.4 Å². The van der Waals surface area contributed by atoms with Crippen LogP contribution >= 0.6 is 0 Å². The summed E-state index contributed by atoms with van der Waals surface area (Å²) in [6.07, 6.45) is 1.69. The zero-order valence-electron chi connectivity index (χ0n) is 10.3. The van der Waals surface area contributed by atoms with Gasteiger partial charge in [-0.25, -0.2) is 18.2 Å². The maximum absolute atomic E-state index is 12.5. The molecule has 1 aromatic rings. The zero-order chi connectivity index (χ0) is 14.6. The molecule has 2 heterocycles. The third-order valence-corrected chi connectivity index (χ3v) is 4.65. The van der Waals surface area contributed by atoms with Gasteiger partial charge in [-0.2, -0.15) is 14.6 Å². The summed E-state index contributed by atoms with van der Waals surface area (Å²) in [5, 5.41) is 8.94. The van der Waals surface area contributed by atoms with Crippen molar-refractivity contribution in [2.24, 2.45) is 4.99 Å². The van der Waals surface area contributed by atoms with Crippen LogP contribution < -0.4 is 0 Å². The molecular weight excluding hydrogens is 284 g/mol. The van der Waals surface area contributed by atoms with E-state index in [1.807, 2.05) is 0 Å². The van der Waals surface area contributed by atoms with E-state index in [1.54, 1.807) is 6.07 Å². The van der Waals surface area contributed by atoms with E-state index < -0.39 is 16.2 Å². The van der Waals surface area contributed by atoms with Gasteiger partial charge in [0.1, 0.15) is 11.0 Å². The summed E-state index contributed by atoms with van der Waals surface area (Å²) < 4.78 is 31.2. The van der Waals surface area contributed by atoms with Gasteiger partial charge < -0.3 is 4.74 Å². The first-order valence-electron chi connectivity index (χ1n) is 5.63. The number of nitriles is 1. The summed E-state index contributed by atoms with van der Waals surface area (Å²) in [6.45, 7) is 0.195. The molecular formula is C11H10N4O4S. The number of hydrogen-bond acceptors (Lipinski definition) is 7. The first-order chi connectivity index (χ1) is 9.61. The molecule has 1 fully saturated rings. The van der Waals surface area contributed by atoms with E-state index in [4.69, 9.17) is 10.00 Å². The Kier molecular flexibility index (Phi) is 4.22. The van der Waals surface area contributed by atoms with E-state index >= 15 is 0 Å². The number of ether oxygens (including phenoxy) is 1. The average molecular weight is 294 g/mol. The van der Waals surface area contributed by atoms with Gasteiger partial charge >= 0.3 is 0 Å². The highest BCUT2D eigenvalue weighted by Gasteiger charge is 2.35. The SMILES string of the molecule is N#Cc1ncccc1S(=O)(=O)N1CCOCC1N=C=O. The Bertz CT molecular complexity index is 691. The number of carbonyl (C=O) groups excluding carboxylic acids is 1. The maximum atomic E-state index is 12.5. The Morgan fingerprint density at radius 3 is 3.05 bits per heavy atom. The number of sulfonamides is 1. The number of rotatable bonds is 3. The minimum atomic E-state index is -3.98. The van der Waals surface area contributed by atoms with Crippen LogP contribution in [0.1, 0.15) is 5.69 Å². The number of morpholine rings is 1. The third-order valence-electron chi connectivity index (χ3n) is 2.72. The second kappa shape index (κ2) is 5.90. The molecule has 20 heavy (non-hydrogen) atoms. The normalized spacial score (nSPS) is 19.9. The monoisotopic (exact) mass is 294 g/mol. The molecule has 1 aliphatic heterocycles. The van der Waals surface area contributed by atoms with E-state index in [-0.39, 0.29) is 30.3 Å². The number of nitrogens with zero attached hydrogens (tertiary/aromatic N) is 4. The number of hydrogen-bond donors (Lipinski definition) is 0. The average Bonchev–Trinajstić information content (AvgIpc) is 2.48. The molecule has 0 saturated carbocycles. The lowest BCUT2D eigenvalue weighted by atomic mass is 10.4. The third kappa shape index (κ3) is 2.59. The minimum absolute atomic E-state index is 0.0311.